The summed E-state index contributed by atoms with van der Waals surface area (Å²) in [5.74, 6) is 0. The lowest BCUT2D eigenvalue weighted by Crippen LogP contribution is -2.53. The number of hydrogen-bond acceptors (Lipinski definition) is 9. The minimum absolute atomic E-state index is 0. The summed E-state index contributed by atoms with van der Waals surface area (Å²) in [6.07, 6.45) is -6.36. The van der Waals surface area contributed by atoms with Crippen LogP contribution in [0.5, 0.6) is 0 Å². The maximum atomic E-state index is 9.27. The largest absolute Gasteiger partial charge is 0.412 e. The Bertz CT molecular complexity index is 294. The first-order valence-corrected chi connectivity index (χ1v) is 7.26. The molecule has 2 aliphatic heterocycles. The molecule has 0 aliphatic carbocycles. The molecule has 0 aromatic carbocycles. The quantitative estimate of drug-likeness (QED) is 0.264. The number of aliphatic hydroxyl groups excluding tert-OH is 7. The Morgan fingerprint density at radius 1 is 0.783 bits per heavy atom. The van der Waals surface area contributed by atoms with Gasteiger partial charge in [-0.3, -0.25) is 0 Å². The van der Waals surface area contributed by atoms with Crippen LogP contribution in [0.25, 0.3) is 0 Å². The molecule has 8 atom stereocenters. The van der Waals surface area contributed by atoms with Crippen LogP contribution in [0.3, 0.4) is 0 Å². The maximum absolute atomic E-state index is 9.27. The molecule has 2 saturated heterocycles. The van der Waals surface area contributed by atoms with Crippen molar-refractivity contribution < 1.29 is 50.7 Å². The Balaban J connectivity index is 0.000000403. The molecule has 0 bridgehead atoms. The Morgan fingerprint density at radius 2 is 1.26 bits per heavy atom. The molecule has 0 saturated carbocycles. The molecular weight excluding hydrogens is 316 g/mol. The van der Waals surface area contributed by atoms with Crippen LogP contribution in [-0.2, 0) is 9.47 Å². The second-order valence-electron chi connectivity index (χ2n) is 5.39. The van der Waals surface area contributed by atoms with Crippen molar-refractivity contribution in [1.29, 1.82) is 0 Å². The molecule has 0 amide bonds. The summed E-state index contributed by atoms with van der Waals surface area (Å²) in [6, 6.07) is 0. The normalized spacial score (nSPS) is 43.3. The molecule has 2 fully saturated rings. The monoisotopic (exact) mass is 344 g/mol. The van der Waals surface area contributed by atoms with Gasteiger partial charge in [-0.15, -0.1) is 0 Å². The summed E-state index contributed by atoms with van der Waals surface area (Å²) >= 11 is 0. The average molecular weight is 344 g/mol. The first kappa shape index (κ1) is 22.6. The van der Waals surface area contributed by atoms with Crippen molar-refractivity contribution in [3.63, 3.8) is 0 Å². The molecule has 0 spiro atoms. The fourth-order valence-electron chi connectivity index (χ4n) is 2.34. The van der Waals surface area contributed by atoms with Crippen molar-refractivity contribution in [2.24, 2.45) is 0 Å². The van der Waals surface area contributed by atoms with Gasteiger partial charge in [-0.2, -0.15) is 0 Å². The Hall–Kier alpha value is -0.400. The zero-order chi connectivity index (χ0) is 16.9. The first-order valence-electron chi connectivity index (χ1n) is 7.26. The second kappa shape index (κ2) is 10.5. The van der Waals surface area contributed by atoms with Crippen molar-refractivity contribution in [3.05, 3.63) is 0 Å². The minimum Gasteiger partial charge on any atom is -0.412 e. The van der Waals surface area contributed by atoms with Crippen molar-refractivity contribution in [1.82, 2.24) is 0 Å². The number of rotatable bonds is 3. The molecule has 2 heterocycles. The standard InChI is InChI=1S/C7H14O4.C6H12O5.H2O/c1-2-4-6(9)7(10)5(3-8)11-4;7-1-4-6(10)5(9)3(8)2-11-4;/h4-10H,2-3H2,1H3;3-10H,1-2H2;1H2/t4-,5-,6?,7+;3?,4?,5-,6+;/m10./s1. The zero-order valence-electron chi connectivity index (χ0n) is 12.9. The molecule has 10 heteroatoms. The molecule has 0 aromatic rings. The van der Waals surface area contributed by atoms with E-state index in [1.54, 1.807) is 0 Å². The third-order valence-corrected chi connectivity index (χ3v) is 3.83. The van der Waals surface area contributed by atoms with E-state index in [0.717, 1.165) is 0 Å². The van der Waals surface area contributed by atoms with Crippen LogP contribution in [0.2, 0.25) is 0 Å². The van der Waals surface area contributed by atoms with E-state index in [1.807, 2.05) is 6.92 Å². The molecule has 0 radical (unpaired) electrons. The van der Waals surface area contributed by atoms with Gasteiger partial charge in [0, 0.05) is 0 Å². The lowest BCUT2D eigenvalue weighted by Gasteiger charge is -2.34. The van der Waals surface area contributed by atoms with Crippen LogP contribution in [0, 0.1) is 0 Å². The van der Waals surface area contributed by atoms with Gasteiger partial charge in [0.15, 0.2) is 0 Å². The highest BCUT2D eigenvalue weighted by Gasteiger charge is 2.41. The van der Waals surface area contributed by atoms with E-state index < -0.39 is 42.7 Å². The van der Waals surface area contributed by atoms with Gasteiger partial charge in [-0.05, 0) is 6.42 Å². The molecular formula is C13H28O10. The molecule has 3 unspecified atom stereocenters. The Labute approximate surface area is 133 Å². The van der Waals surface area contributed by atoms with E-state index >= 15 is 0 Å². The van der Waals surface area contributed by atoms with Crippen LogP contribution in [0.1, 0.15) is 13.3 Å². The average Bonchev–Trinajstić information content (AvgIpc) is 2.81. The smallest absolute Gasteiger partial charge is 0.111 e. The van der Waals surface area contributed by atoms with E-state index in [2.05, 4.69) is 0 Å². The van der Waals surface area contributed by atoms with Gasteiger partial charge in [0.2, 0.25) is 0 Å². The van der Waals surface area contributed by atoms with Gasteiger partial charge in [0.1, 0.15) is 42.7 Å². The fraction of sp³-hybridized carbons (Fsp3) is 1.00. The van der Waals surface area contributed by atoms with Gasteiger partial charge in [-0.25, -0.2) is 0 Å². The Morgan fingerprint density at radius 3 is 1.65 bits per heavy atom. The van der Waals surface area contributed by atoms with E-state index in [-0.39, 0.29) is 31.4 Å². The van der Waals surface area contributed by atoms with Crippen LogP contribution >= 0.6 is 0 Å². The topological polar surface area (TPSA) is 192 Å². The predicted molar refractivity (Wildman–Crippen MR) is 76.5 cm³/mol. The summed E-state index contributed by atoms with van der Waals surface area (Å²) in [5.41, 5.74) is 0. The van der Waals surface area contributed by atoms with E-state index in [0.29, 0.717) is 6.42 Å². The third kappa shape index (κ3) is 5.57. The zero-order valence-corrected chi connectivity index (χ0v) is 12.9. The minimum atomic E-state index is -1.22. The number of aliphatic hydroxyl groups is 7. The lowest BCUT2D eigenvalue weighted by molar-refractivity contribution is -0.195. The van der Waals surface area contributed by atoms with Gasteiger partial charge >= 0.3 is 0 Å². The number of ether oxygens (including phenoxy) is 2. The van der Waals surface area contributed by atoms with Gasteiger partial charge < -0.3 is 50.7 Å². The number of hydrogen-bond donors (Lipinski definition) is 7. The third-order valence-electron chi connectivity index (χ3n) is 3.83. The summed E-state index contributed by atoms with van der Waals surface area (Å²) in [6.45, 7) is 1.21. The molecule has 10 nitrogen and oxygen atoms in total. The van der Waals surface area contributed by atoms with Crippen LogP contribution in [0.4, 0.5) is 0 Å². The van der Waals surface area contributed by atoms with Crippen LogP contribution in [0.15, 0.2) is 0 Å². The van der Waals surface area contributed by atoms with E-state index in [1.165, 1.54) is 0 Å². The molecule has 9 N–H and O–H groups in total. The molecule has 0 aromatic heterocycles. The fourth-order valence-corrected chi connectivity index (χ4v) is 2.34. The van der Waals surface area contributed by atoms with Crippen molar-refractivity contribution in [3.8, 4) is 0 Å². The van der Waals surface area contributed by atoms with Gasteiger partial charge in [0.05, 0.1) is 25.9 Å². The second-order valence-corrected chi connectivity index (χ2v) is 5.39. The van der Waals surface area contributed by atoms with E-state index in [4.69, 9.17) is 35.0 Å². The predicted octanol–water partition coefficient (Wildman–Crippen LogP) is -4.49. The molecule has 23 heavy (non-hydrogen) atoms. The van der Waals surface area contributed by atoms with E-state index in [9.17, 15) is 10.2 Å². The van der Waals surface area contributed by atoms with Gasteiger partial charge in [0.25, 0.3) is 0 Å². The summed E-state index contributed by atoms with van der Waals surface area (Å²) in [5, 5.41) is 62.9. The molecule has 140 valence electrons. The molecule has 2 rings (SSSR count). The highest BCUT2D eigenvalue weighted by molar-refractivity contribution is 4.89. The summed E-state index contributed by atoms with van der Waals surface area (Å²) < 4.78 is 9.95. The Kier molecular flexibility index (Phi) is 10.3. The first-order chi connectivity index (χ1) is 10.4. The van der Waals surface area contributed by atoms with Crippen molar-refractivity contribution >= 4 is 0 Å². The van der Waals surface area contributed by atoms with Crippen LogP contribution < -0.4 is 0 Å². The summed E-state index contributed by atoms with van der Waals surface area (Å²) in [7, 11) is 0. The highest BCUT2D eigenvalue weighted by Crippen LogP contribution is 2.22. The SMILES string of the molecule is CC[C@H]1O[C@H](CO)[C@H](O)C1O.O.OCC1OCC(O)[C@H](O)[C@@H]1O. The van der Waals surface area contributed by atoms with Crippen molar-refractivity contribution in [2.45, 2.75) is 62.2 Å². The van der Waals surface area contributed by atoms with Gasteiger partial charge in [-0.1, -0.05) is 6.92 Å². The summed E-state index contributed by atoms with van der Waals surface area (Å²) in [4.78, 5) is 0. The maximum Gasteiger partial charge on any atom is 0.111 e. The van der Waals surface area contributed by atoms with Crippen molar-refractivity contribution in [2.75, 3.05) is 19.8 Å². The lowest BCUT2D eigenvalue weighted by atomic mass is 10.0. The molecule has 2 aliphatic rings. The highest BCUT2D eigenvalue weighted by atomic mass is 16.6. The van der Waals surface area contributed by atoms with Crippen LogP contribution in [-0.4, -0.2) is 110 Å².